The Morgan fingerprint density at radius 2 is 1.86 bits per heavy atom. The number of nitrogens with one attached hydrogen (secondary N) is 2. The summed E-state index contributed by atoms with van der Waals surface area (Å²) in [7, 11) is 1.84. The molecule has 6 heteroatoms. The monoisotopic (exact) mass is 410 g/mol. The lowest BCUT2D eigenvalue weighted by Crippen LogP contribution is -2.35. The van der Waals surface area contributed by atoms with Crippen molar-refractivity contribution >= 4 is 34.9 Å². The molecule has 0 spiro atoms. The van der Waals surface area contributed by atoms with Gasteiger partial charge in [-0.25, -0.2) is 0 Å². The number of anilines is 1. The minimum atomic E-state index is -0.0130. The molecule has 1 aromatic heterocycles. The number of carbonyl (C=O) groups excluding carboxylic acids is 1. The highest BCUT2D eigenvalue weighted by molar-refractivity contribution is 6.08. The average molecular weight is 411 g/mol. The van der Waals surface area contributed by atoms with E-state index in [-0.39, 0.29) is 18.3 Å². The highest BCUT2D eigenvalue weighted by Gasteiger charge is 2.19. The van der Waals surface area contributed by atoms with Crippen LogP contribution >= 0.6 is 12.4 Å². The maximum Gasteiger partial charge on any atom is 0.256 e. The van der Waals surface area contributed by atoms with Crippen molar-refractivity contribution in [2.45, 2.75) is 25.4 Å². The van der Waals surface area contributed by atoms with Gasteiger partial charge in [0.05, 0.1) is 11.1 Å². The van der Waals surface area contributed by atoms with E-state index in [0.29, 0.717) is 18.2 Å². The number of pyridine rings is 1. The number of nitrogens with zero attached hydrogens (tertiary/aromatic N) is 2. The Hall–Kier alpha value is -2.63. The summed E-state index contributed by atoms with van der Waals surface area (Å²) in [6, 6.07) is 18.4. The minimum absolute atomic E-state index is 0. The molecule has 1 aliphatic heterocycles. The second kappa shape index (κ2) is 9.72. The molecule has 2 N–H and O–H groups in total. The molecule has 29 heavy (non-hydrogen) atoms. The first kappa shape index (κ1) is 21.1. The van der Waals surface area contributed by atoms with Crippen LogP contribution in [0, 0.1) is 0 Å². The molecule has 5 nitrogen and oxygen atoms in total. The first-order chi connectivity index (χ1) is 13.7. The Balaban J connectivity index is 0.00000240. The summed E-state index contributed by atoms with van der Waals surface area (Å²) in [6.07, 6.45) is 3.95. The van der Waals surface area contributed by atoms with E-state index < -0.39 is 0 Å². The van der Waals surface area contributed by atoms with Crippen molar-refractivity contribution in [2.75, 3.05) is 25.5 Å². The number of piperidine rings is 1. The summed E-state index contributed by atoms with van der Waals surface area (Å²) in [5.74, 6) is -0.0130. The summed E-state index contributed by atoms with van der Waals surface area (Å²) in [5, 5.41) is 8.05. The lowest BCUT2D eigenvalue weighted by atomic mass is 10.0. The molecule has 1 fully saturated rings. The lowest BCUT2D eigenvalue weighted by Gasteiger charge is -2.26. The molecule has 1 saturated heterocycles. The second-order valence-electron chi connectivity index (χ2n) is 7.38. The number of hydrogen-bond donors (Lipinski definition) is 2. The molecular weight excluding hydrogens is 384 g/mol. The van der Waals surface area contributed by atoms with E-state index in [1.807, 2.05) is 61.6 Å². The van der Waals surface area contributed by atoms with Crippen molar-refractivity contribution in [3.05, 3.63) is 71.9 Å². The van der Waals surface area contributed by atoms with Crippen LogP contribution in [0.3, 0.4) is 0 Å². The van der Waals surface area contributed by atoms with Crippen molar-refractivity contribution < 1.29 is 4.79 Å². The number of halogens is 1. The number of rotatable bonds is 5. The molecule has 3 aromatic rings. The Morgan fingerprint density at radius 1 is 1.10 bits per heavy atom. The molecule has 1 aliphatic rings. The smallest absolute Gasteiger partial charge is 0.256 e. The number of fused-ring (bicyclic) bond motifs is 1. The Morgan fingerprint density at radius 3 is 2.62 bits per heavy atom. The third kappa shape index (κ3) is 4.86. The molecule has 1 amide bonds. The summed E-state index contributed by atoms with van der Waals surface area (Å²) in [6.45, 7) is 2.65. The summed E-state index contributed by atoms with van der Waals surface area (Å²) >= 11 is 0. The van der Waals surface area contributed by atoms with Gasteiger partial charge in [0.15, 0.2) is 0 Å². The van der Waals surface area contributed by atoms with Crippen LogP contribution in [0.2, 0.25) is 0 Å². The van der Waals surface area contributed by atoms with Gasteiger partial charge in [0.25, 0.3) is 5.91 Å². The quantitative estimate of drug-likeness (QED) is 0.665. The van der Waals surface area contributed by atoms with Gasteiger partial charge in [-0.1, -0.05) is 30.3 Å². The maximum absolute atomic E-state index is 13.1. The SMILES string of the molecule is CN(Cc1ccccc1)C(=O)c1ccc(NC2CCNCC2)c2cccnc12.Cl. The van der Waals surface area contributed by atoms with E-state index in [2.05, 4.69) is 15.6 Å². The van der Waals surface area contributed by atoms with Crippen LogP contribution in [-0.2, 0) is 6.54 Å². The van der Waals surface area contributed by atoms with Crippen molar-refractivity contribution in [3.63, 3.8) is 0 Å². The lowest BCUT2D eigenvalue weighted by molar-refractivity contribution is 0.0787. The topological polar surface area (TPSA) is 57.3 Å². The normalized spacial score (nSPS) is 14.2. The number of hydrogen-bond acceptors (Lipinski definition) is 4. The van der Waals surface area contributed by atoms with Gasteiger partial charge in [-0.3, -0.25) is 9.78 Å². The molecule has 0 bridgehead atoms. The van der Waals surface area contributed by atoms with Crippen molar-refractivity contribution in [3.8, 4) is 0 Å². The van der Waals surface area contributed by atoms with E-state index in [0.717, 1.165) is 48.1 Å². The zero-order valence-electron chi connectivity index (χ0n) is 16.6. The maximum atomic E-state index is 13.1. The first-order valence-corrected chi connectivity index (χ1v) is 9.87. The molecule has 0 unspecified atom stereocenters. The highest BCUT2D eigenvalue weighted by Crippen LogP contribution is 2.27. The van der Waals surface area contributed by atoms with Crippen LogP contribution in [0.1, 0.15) is 28.8 Å². The molecule has 0 radical (unpaired) electrons. The third-order valence-electron chi connectivity index (χ3n) is 5.31. The summed E-state index contributed by atoms with van der Waals surface area (Å²) < 4.78 is 0. The Bertz CT molecular complexity index is 958. The molecular formula is C23H27ClN4O. The predicted molar refractivity (Wildman–Crippen MR) is 121 cm³/mol. The van der Waals surface area contributed by atoms with Gasteiger partial charge in [-0.05, 0) is 55.8 Å². The van der Waals surface area contributed by atoms with E-state index >= 15 is 0 Å². The first-order valence-electron chi connectivity index (χ1n) is 9.87. The molecule has 0 atom stereocenters. The van der Waals surface area contributed by atoms with Crippen LogP contribution in [0.25, 0.3) is 10.9 Å². The van der Waals surface area contributed by atoms with E-state index in [1.165, 1.54) is 0 Å². The van der Waals surface area contributed by atoms with E-state index in [1.54, 1.807) is 11.1 Å². The predicted octanol–water partition coefficient (Wildman–Crippen LogP) is 4.09. The molecule has 4 rings (SSSR count). The van der Waals surface area contributed by atoms with Gasteiger partial charge in [0.2, 0.25) is 0 Å². The molecule has 152 valence electrons. The standard InChI is InChI=1S/C23H26N4O.ClH/c1-27(16-17-6-3-2-4-7-17)23(28)20-9-10-21(19-8-5-13-25-22(19)20)26-18-11-14-24-15-12-18;/h2-10,13,18,24,26H,11-12,14-16H2,1H3;1H. The van der Waals surface area contributed by atoms with Crippen LogP contribution in [-0.4, -0.2) is 42.0 Å². The summed E-state index contributed by atoms with van der Waals surface area (Å²) in [4.78, 5) is 19.4. The molecule has 2 heterocycles. The minimum Gasteiger partial charge on any atom is -0.382 e. The highest BCUT2D eigenvalue weighted by atomic mass is 35.5. The fraction of sp³-hybridized carbons (Fsp3) is 0.304. The van der Waals surface area contributed by atoms with Gasteiger partial charge < -0.3 is 15.5 Å². The van der Waals surface area contributed by atoms with Crippen molar-refractivity contribution in [1.29, 1.82) is 0 Å². The molecule has 2 aromatic carbocycles. The van der Waals surface area contributed by atoms with Crippen LogP contribution in [0.4, 0.5) is 5.69 Å². The molecule has 0 saturated carbocycles. The van der Waals surface area contributed by atoms with Crippen LogP contribution in [0.5, 0.6) is 0 Å². The third-order valence-corrected chi connectivity index (χ3v) is 5.31. The van der Waals surface area contributed by atoms with Crippen molar-refractivity contribution in [1.82, 2.24) is 15.2 Å². The number of amides is 1. The number of carbonyl (C=O) groups is 1. The van der Waals surface area contributed by atoms with Gasteiger partial charge in [0, 0.05) is 36.9 Å². The zero-order chi connectivity index (χ0) is 19.3. The van der Waals surface area contributed by atoms with E-state index in [4.69, 9.17) is 0 Å². The van der Waals surface area contributed by atoms with Crippen LogP contribution < -0.4 is 10.6 Å². The average Bonchev–Trinajstić information content (AvgIpc) is 2.75. The van der Waals surface area contributed by atoms with Gasteiger partial charge in [-0.15, -0.1) is 12.4 Å². The fourth-order valence-electron chi connectivity index (χ4n) is 3.79. The Kier molecular flexibility index (Phi) is 7.07. The molecule has 0 aliphatic carbocycles. The fourth-order valence-corrected chi connectivity index (χ4v) is 3.79. The second-order valence-corrected chi connectivity index (χ2v) is 7.38. The summed E-state index contributed by atoms with van der Waals surface area (Å²) in [5.41, 5.74) is 3.56. The largest absolute Gasteiger partial charge is 0.382 e. The van der Waals surface area contributed by atoms with Gasteiger partial charge in [0.1, 0.15) is 0 Å². The zero-order valence-corrected chi connectivity index (χ0v) is 17.4. The van der Waals surface area contributed by atoms with E-state index in [9.17, 15) is 4.79 Å². The number of benzene rings is 2. The van der Waals surface area contributed by atoms with Gasteiger partial charge >= 0.3 is 0 Å². The van der Waals surface area contributed by atoms with Crippen LogP contribution in [0.15, 0.2) is 60.8 Å². The number of aromatic nitrogens is 1. The van der Waals surface area contributed by atoms with Gasteiger partial charge in [-0.2, -0.15) is 0 Å². The van der Waals surface area contributed by atoms with Crippen molar-refractivity contribution in [2.24, 2.45) is 0 Å². The Labute approximate surface area is 177 Å².